The van der Waals surface area contributed by atoms with E-state index < -0.39 is 0 Å². The predicted octanol–water partition coefficient (Wildman–Crippen LogP) is 6.95. The van der Waals surface area contributed by atoms with E-state index >= 15 is 0 Å². The second-order valence-electron chi connectivity index (χ2n) is 7.82. The Morgan fingerprint density at radius 1 is 0.964 bits per heavy atom. The van der Waals surface area contributed by atoms with Crippen molar-refractivity contribution in [1.82, 2.24) is 5.32 Å². The third-order valence-corrected chi connectivity index (χ3v) is 5.34. The first-order valence-corrected chi connectivity index (χ1v) is 11.5. The number of unbranched alkanes of at least 4 members (excludes halogenated alkanes) is 11. The van der Waals surface area contributed by atoms with Crippen molar-refractivity contribution in [3.8, 4) is 0 Å². The van der Waals surface area contributed by atoms with Crippen LogP contribution in [0.25, 0.3) is 0 Å². The summed E-state index contributed by atoms with van der Waals surface area (Å²) in [6.45, 7) is 7.21. The van der Waals surface area contributed by atoms with Crippen molar-refractivity contribution in [2.24, 2.45) is 4.99 Å². The molecule has 0 aliphatic rings. The van der Waals surface area contributed by atoms with Crippen molar-refractivity contribution < 1.29 is 9.21 Å². The summed E-state index contributed by atoms with van der Waals surface area (Å²) in [5.41, 5.74) is 1.01. The maximum Gasteiger partial charge on any atom is 0.287 e. The van der Waals surface area contributed by atoms with Crippen molar-refractivity contribution in [1.29, 1.82) is 0 Å². The van der Waals surface area contributed by atoms with Gasteiger partial charge in [0.1, 0.15) is 0 Å². The zero-order chi connectivity index (χ0) is 20.5. The Balaban J connectivity index is 2.05. The predicted molar refractivity (Wildman–Crippen MR) is 119 cm³/mol. The summed E-state index contributed by atoms with van der Waals surface area (Å²) in [5.74, 6) is 0.184. The number of hydrogen-bond donors (Lipinski definition) is 1. The van der Waals surface area contributed by atoms with E-state index in [0.717, 1.165) is 25.1 Å². The van der Waals surface area contributed by atoms with Gasteiger partial charge in [-0.3, -0.25) is 9.79 Å². The summed E-state index contributed by atoms with van der Waals surface area (Å²) in [4.78, 5) is 16.8. The average Bonchev–Trinajstić information content (AvgIpc) is 3.24. The van der Waals surface area contributed by atoms with E-state index in [1.807, 2.05) is 6.92 Å². The molecule has 0 fully saturated rings. The van der Waals surface area contributed by atoms with Crippen LogP contribution in [0.2, 0.25) is 0 Å². The maximum atomic E-state index is 12.1. The Morgan fingerprint density at radius 2 is 1.54 bits per heavy atom. The van der Waals surface area contributed by atoms with E-state index in [1.165, 1.54) is 76.9 Å². The van der Waals surface area contributed by atoms with Gasteiger partial charge in [0.15, 0.2) is 5.76 Å². The standard InChI is InChI=1S/C24H42N2O2/c1-4-6-7-8-9-10-11-12-13-14-15-16-19-25-21(3)22(5-2)26-24(27)23-18-17-20-28-23/h17-18,20,22H,4-16,19H2,1-3H3,(H,26,27). The molecule has 1 aromatic rings. The molecular formula is C24H42N2O2. The third kappa shape index (κ3) is 11.3. The Bertz CT molecular complexity index is 523. The highest BCUT2D eigenvalue weighted by Gasteiger charge is 2.16. The van der Waals surface area contributed by atoms with Crippen LogP contribution in [0.15, 0.2) is 27.8 Å². The lowest BCUT2D eigenvalue weighted by Gasteiger charge is -2.16. The fourth-order valence-corrected chi connectivity index (χ4v) is 3.46. The molecule has 1 heterocycles. The molecular weight excluding hydrogens is 348 g/mol. The molecule has 4 nitrogen and oxygen atoms in total. The third-order valence-electron chi connectivity index (χ3n) is 5.34. The van der Waals surface area contributed by atoms with Gasteiger partial charge in [0.25, 0.3) is 5.91 Å². The van der Waals surface area contributed by atoms with Crippen molar-refractivity contribution in [2.75, 3.05) is 6.54 Å². The molecule has 0 saturated carbocycles. The van der Waals surface area contributed by atoms with Crippen LogP contribution in [0.3, 0.4) is 0 Å². The van der Waals surface area contributed by atoms with Gasteiger partial charge in [0.2, 0.25) is 0 Å². The minimum absolute atomic E-state index is 0.0186. The van der Waals surface area contributed by atoms with E-state index in [-0.39, 0.29) is 11.9 Å². The summed E-state index contributed by atoms with van der Waals surface area (Å²) in [5, 5.41) is 3.00. The van der Waals surface area contributed by atoms with Crippen LogP contribution in [0.5, 0.6) is 0 Å². The van der Waals surface area contributed by atoms with Crippen molar-refractivity contribution >= 4 is 11.6 Å². The van der Waals surface area contributed by atoms with E-state index in [1.54, 1.807) is 12.1 Å². The van der Waals surface area contributed by atoms with Gasteiger partial charge in [-0.25, -0.2) is 0 Å². The Kier molecular flexibility index (Phi) is 14.3. The summed E-state index contributed by atoms with van der Waals surface area (Å²) in [7, 11) is 0. The van der Waals surface area contributed by atoms with E-state index in [2.05, 4.69) is 24.2 Å². The summed E-state index contributed by atoms with van der Waals surface area (Å²) >= 11 is 0. The molecule has 1 N–H and O–H groups in total. The van der Waals surface area contributed by atoms with Crippen LogP contribution in [0.4, 0.5) is 0 Å². The maximum absolute atomic E-state index is 12.1. The highest BCUT2D eigenvalue weighted by atomic mass is 16.3. The lowest BCUT2D eigenvalue weighted by atomic mass is 10.1. The monoisotopic (exact) mass is 390 g/mol. The number of hydrogen-bond acceptors (Lipinski definition) is 3. The molecule has 1 unspecified atom stereocenters. The van der Waals surface area contributed by atoms with Crippen LogP contribution in [-0.2, 0) is 0 Å². The second-order valence-corrected chi connectivity index (χ2v) is 7.82. The van der Waals surface area contributed by atoms with Crippen molar-refractivity contribution in [3.05, 3.63) is 24.2 Å². The smallest absolute Gasteiger partial charge is 0.287 e. The van der Waals surface area contributed by atoms with Crippen LogP contribution in [-0.4, -0.2) is 24.2 Å². The van der Waals surface area contributed by atoms with E-state index in [0.29, 0.717) is 5.76 Å². The Labute approximate surface area is 172 Å². The van der Waals surface area contributed by atoms with Gasteiger partial charge in [-0.2, -0.15) is 0 Å². The number of nitrogens with zero attached hydrogens (tertiary/aromatic N) is 1. The van der Waals surface area contributed by atoms with E-state index in [9.17, 15) is 4.79 Å². The lowest BCUT2D eigenvalue weighted by molar-refractivity contribution is 0.0918. The van der Waals surface area contributed by atoms with Crippen LogP contribution in [0.1, 0.15) is 115 Å². The zero-order valence-electron chi connectivity index (χ0n) is 18.5. The number of rotatable bonds is 17. The van der Waals surface area contributed by atoms with Gasteiger partial charge in [-0.1, -0.05) is 84.5 Å². The second kappa shape index (κ2) is 16.4. The number of aliphatic imine (C=N–C) groups is 1. The molecule has 1 aromatic heterocycles. The molecule has 0 radical (unpaired) electrons. The van der Waals surface area contributed by atoms with Gasteiger partial charge in [-0.15, -0.1) is 0 Å². The SMILES string of the molecule is CCCCCCCCCCCCCCN=C(C)C(CC)NC(=O)c1ccco1. The molecule has 0 aliphatic carbocycles. The molecule has 1 atom stereocenters. The summed E-state index contributed by atoms with van der Waals surface area (Å²) in [6, 6.07) is 3.39. The molecule has 160 valence electrons. The molecule has 28 heavy (non-hydrogen) atoms. The number of carbonyl (C=O) groups is 1. The van der Waals surface area contributed by atoms with Gasteiger partial charge in [0, 0.05) is 12.3 Å². The Hall–Kier alpha value is -1.58. The van der Waals surface area contributed by atoms with E-state index in [4.69, 9.17) is 4.42 Å². The average molecular weight is 391 g/mol. The molecule has 0 saturated heterocycles. The first-order valence-electron chi connectivity index (χ1n) is 11.5. The highest BCUT2D eigenvalue weighted by Crippen LogP contribution is 2.12. The molecule has 0 aromatic carbocycles. The molecule has 1 amide bonds. The molecule has 1 rings (SSSR count). The largest absolute Gasteiger partial charge is 0.459 e. The number of carbonyl (C=O) groups excluding carboxylic acids is 1. The van der Waals surface area contributed by atoms with Gasteiger partial charge >= 0.3 is 0 Å². The lowest BCUT2D eigenvalue weighted by Crippen LogP contribution is -2.39. The van der Waals surface area contributed by atoms with Crippen LogP contribution >= 0.6 is 0 Å². The molecule has 0 aliphatic heterocycles. The quantitative estimate of drug-likeness (QED) is 0.231. The topological polar surface area (TPSA) is 54.6 Å². The summed E-state index contributed by atoms with van der Waals surface area (Å²) in [6.07, 6.45) is 18.6. The first-order chi connectivity index (χ1) is 13.7. The van der Waals surface area contributed by atoms with Gasteiger partial charge in [0.05, 0.1) is 12.3 Å². The number of nitrogens with one attached hydrogen (secondary N) is 1. The van der Waals surface area contributed by atoms with Crippen LogP contribution in [0, 0.1) is 0 Å². The van der Waals surface area contributed by atoms with Gasteiger partial charge in [-0.05, 0) is 31.9 Å². The minimum Gasteiger partial charge on any atom is -0.459 e. The fraction of sp³-hybridized carbons (Fsp3) is 0.750. The fourth-order valence-electron chi connectivity index (χ4n) is 3.46. The number of furan rings is 1. The molecule has 4 heteroatoms. The molecule has 0 bridgehead atoms. The first kappa shape index (κ1) is 24.5. The van der Waals surface area contributed by atoms with Crippen molar-refractivity contribution in [3.63, 3.8) is 0 Å². The van der Waals surface area contributed by atoms with Gasteiger partial charge < -0.3 is 9.73 Å². The summed E-state index contributed by atoms with van der Waals surface area (Å²) < 4.78 is 5.15. The minimum atomic E-state index is -0.170. The number of amides is 1. The normalized spacial score (nSPS) is 12.9. The van der Waals surface area contributed by atoms with Crippen molar-refractivity contribution in [2.45, 2.75) is 110 Å². The zero-order valence-corrected chi connectivity index (χ0v) is 18.5. The molecule has 0 spiro atoms. The van der Waals surface area contributed by atoms with Crippen LogP contribution < -0.4 is 5.32 Å². The highest BCUT2D eigenvalue weighted by molar-refractivity contribution is 5.96. The Morgan fingerprint density at radius 3 is 2.04 bits per heavy atom.